The van der Waals surface area contributed by atoms with Gasteiger partial charge in [0.05, 0.1) is 18.7 Å². The molecule has 1 atom stereocenters. The third kappa shape index (κ3) is 5.99. The summed E-state index contributed by atoms with van der Waals surface area (Å²) in [7, 11) is 0. The molecule has 3 rings (SSSR count). The number of allylic oxidation sites excluding steroid dienone is 2. The van der Waals surface area contributed by atoms with Crippen molar-refractivity contribution in [2.24, 2.45) is 4.99 Å². The maximum absolute atomic E-state index is 12.5. The molecular weight excluding hydrogens is 390 g/mol. The number of benzene rings is 1. The van der Waals surface area contributed by atoms with Gasteiger partial charge in [0.1, 0.15) is 5.76 Å². The van der Waals surface area contributed by atoms with Gasteiger partial charge in [0.25, 0.3) is 4.90 Å². The largest absolute Gasteiger partial charge is 0.511 e. The first-order chi connectivity index (χ1) is 14.1. The molecule has 8 heteroatoms. The first-order valence-corrected chi connectivity index (χ1v) is 10.8. The summed E-state index contributed by atoms with van der Waals surface area (Å²) < 4.78 is 10.8. The van der Waals surface area contributed by atoms with Crippen molar-refractivity contribution >= 4 is 23.7 Å². The smallest absolute Gasteiger partial charge is 0.505 e. The fourth-order valence-corrected chi connectivity index (χ4v) is 4.07. The van der Waals surface area contributed by atoms with Crippen LogP contribution in [0.25, 0.3) is 0 Å². The molecule has 1 aromatic carbocycles. The van der Waals surface area contributed by atoms with Gasteiger partial charge < -0.3 is 10.2 Å². The summed E-state index contributed by atoms with van der Waals surface area (Å²) in [6, 6.07) is 7.20. The highest BCUT2D eigenvalue weighted by Crippen LogP contribution is 2.33. The second kappa shape index (κ2) is 10.7. The van der Waals surface area contributed by atoms with Crippen molar-refractivity contribution in [2.45, 2.75) is 23.7 Å². The standard InChI is InChI=1S/C21H27N3O4S/c25-12-11-24-9-7-23(8-10-24)6-5-22-15-19-20(26)13-17(14-21(19)27)16-1-3-18(29-28)4-2-16/h1-4,15,17,25H,5-14H2/p+1. The van der Waals surface area contributed by atoms with Crippen molar-refractivity contribution in [2.75, 3.05) is 52.4 Å². The lowest BCUT2D eigenvalue weighted by Crippen LogP contribution is -2.47. The zero-order chi connectivity index (χ0) is 20.6. The number of carbonyl (C=O) groups is 1. The van der Waals surface area contributed by atoms with Crippen molar-refractivity contribution in [1.82, 2.24) is 9.80 Å². The second-order valence-corrected chi connectivity index (χ2v) is 8.12. The summed E-state index contributed by atoms with van der Waals surface area (Å²) in [6.45, 7) is 6.13. The highest BCUT2D eigenvalue weighted by Gasteiger charge is 2.28. The van der Waals surface area contributed by atoms with Crippen molar-refractivity contribution in [1.29, 1.82) is 0 Å². The zero-order valence-corrected chi connectivity index (χ0v) is 17.3. The lowest BCUT2D eigenvalue weighted by molar-refractivity contribution is -0.116. The summed E-state index contributed by atoms with van der Waals surface area (Å²) in [6.07, 6.45) is 2.26. The molecule has 1 heterocycles. The number of aliphatic imine (C=N–C) groups is 1. The molecule has 0 spiro atoms. The minimum absolute atomic E-state index is 0.0689. The van der Waals surface area contributed by atoms with Gasteiger partial charge in [-0.3, -0.25) is 19.6 Å². The van der Waals surface area contributed by atoms with Gasteiger partial charge in [0.15, 0.2) is 5.78 Å². The monoisotopic (exact) mass is 418 g/mol. The molecule has 0 saturated carbocycles. The molecule has 1 aromatic rings. The van der Waals surface area contributed by atoms with Gasteiger partial charge in [-0.05, 0) is 11.5 Å². The van der Waals surface area contributed by atoms with Crippen LogP contribution in [0.4, 0.5) is 0 Å². The number of ketones is 1. The van der Waals surface area contributed by atoms with Gasteiger partial charge in [-0.2, -0.15) is 0 Å². The Hall–Kier alpha value is -2.00. The Morgan fingerprint density at radius 2 is 1.72 bits per heavy atom. The Kier molecular flexibility index (Phi) is 8.00. The van der Waals surface area contributed by atoms with Gasteiger partial charge >= 0.3 is 11.7 Å². The van der Waals surface area contributed by atoms with Crippen molar-refractivity contribution in [3.63, 3.8) is 0 Å². The maximum Gasteiger partial charge on any atom is 0.505 e. The lowest BCUT2D eigenvalue weighted by Gasteiger charge is -2.33. The molecule has 1 unspecified atom stereocenters. The maximum atomic E-state index is 12.5. The van der Waals surface area contributed by atoms with E-state index in [0.29, 0.717) is 41.5 Å². The van der Waals surface area contributed by atoms with E-state index in [-0.39, 0.29) is 24.1 Å². The number of hydrogen-bond donors (Lipinski definition) is 2. The number of carbonyl (C=O) groups excluding carboxylic acids is 1. The highest BCUT2D eigenvalue weighted by molar-refractivity contribution is 7.65. The van der Waals surface area contributed by atoms with Crippen LogP contribution < -0.4 is 0 Å². The third-order valence-corrected chi connectivity index (χ3v) is 6.04. The van der Waals surface area contributed by atoms with Crippen molar-refractivity contribution in [3.05, 3.63) is 41.2 Å². The molecule has 0 radical (unpaired) electrons. The van der Waals surface area contributed by atoms with Crippen LogP contribution in [0.1, 0.15) is 24.3 Å². The van der Waals surface area contributed by atoms with E-state index < -0.39 is 0 Å². The fourth-order valence-electron chi connectivity index (χ4n) is 3.82. The van der Waals surface area contributed by atoms with Crippen LogP contribution in [-0.4, -0.2) is 84.4 Å². The second-order valence-electron chi connectivity index (χ2n) is 7.48. The van der Waals surface area contributed by atoms with Crippen LogP contribution in [-0.2, 0) is 20.7 Å². The summed E-state index contributed by atoms with van der Waals surface area (Å²) >= 11 is 0.440. The van der Waals surface area contributed by atoms with E-state index in [0.717, 1.165) is 44.8 Å². The molecule has 156 valence electrons. The Morgan fingerprint density at radius 3 is 2.31 bits per heavy atom. The normalized spacial score (nSPS) is 21.8. The minimum atomic E-state index is -0.0950. The van der Waals surface area contributed by atoms with Gasteiger partial charge in [-0.15, -0.1) is 0 Å². The number of Topliss-reactive ketones (excluding diaryl/α,β-unsaturated/α-hetero) is 1. The molecule has 0 bridgehead atoms. The number of nitrogens with zero attached hydrogens (tertiary/aromatic N) is 3. The molecule has 2 aliphatic rings. The molecular formula is C21H28N3O4S+. The van der Waals surface area contributed by atoms with Gasteiger partial charge in [-0.25, -0.2) is 0 Å². The molecule has 1 aliphatic heterocycles. The topological polar surface area (TPSA) is 93.4 Å². The highest BCUT2D eigenvalue weighted by atomic mass is 32.1. The van der Waals surface area contributed by atoms with E-state index >= 15 is 0 Å². The number of rotatable bonds is 8. The van der Waals surface area contributed by atoms with Crippen LogP contribution in [0.15, 0.2) is 45.5 Å². The Bertz CT molecular complexity index is 771. The van der Waals surface area contributed by atoms with Crippen LogP contribution in [0, 0.1) is 0 Å². The van der Waals surface area contributed by atoms with Crippen LogP contribution in [0.2, 0.25) is 0 Å². The van der Waals surface area contributed by atoms with Crippen molar-refractivity contribution in [3.8, 4) is 0 Å². The Balaban J connectivity index is 1.50. The Morgan fingerprint density at radius 1 is 1.07 bits per heavy atom. The number of β-amino-alcohol motifs (C(OH)–C–C–N with tert-alkyl or cyclic N) is 1. The Labute approximate surface area is 175 Å². The summed E-state index contributed by atoms with van der Waals surface area (Å²) in [5, 5.41) is 19.4. The van der Waals surface area contributed by atoms with E-state index in [1.807, 2.05) is 12.1 Å². The molecule has 2 N–H and O–H groups in total. The fraction of sp³-hybridized carbons (Fsp3) is 0.524. The van der Waals surface area contributed by atoms with E-state index in [4.69, 9.17) is 5.11 Å². The van der Waals surface area contributed by atoms with Crippen LogP contribution in [0.5, 0.6) is 0 Å². The number of piperazine rings is 1. The lowest BCUT2D eigenvalue weighted by atomic mass is 9.83. The van der Waals surface area contributed by atoms with E-state index in [1.165, 1.54) is 6.21 Å². The predicted molar refractivity (Wildman–Crippen MR) is 113 cm³/mol. The van der Waals surface area contributed by atoms with E-state index in [2.05, 4.69) is 14.8 Å². The zero-order valence-electron chi connectivity index (χ0n) is 16.5. The van der Waals surface area contributed by atoms with Gasteiger partial charge in [0, 0.05) is 74.7 Å². The quantitative estimate of drug-likeness (QED) is 0.490. The van der Waals surface area contributed by atoms with Gasteiger partial charge in [0.2, 0.25) is 0 Å². The molecule has 1 fully saturated rings. The van der Waals surface area contributed by atoms with Crippen LogP contribution in [0.3, 0.4) is 0 Å². The first-order valence-electron chi connectivity index (χ1n) is 10.0. The third-order valence-electron chi connectivity index (χ3n) is 5.58. The van der Waals surface area contributed by atoms with Crippen molar-refractivity contribution < 1.29 is 19.2 Å². The molecule has 29 heavy (non-hydrogen) atoms. The number of aliphatic hydroxyl groups is 2. The molecule has 1 saturated heterocycles. The summed E-state index contributed by atoms with van der Waals surface area (Å²) in [4.78, 5) is 22.1. The summed E-state index contributed by atoms with van der Waals surface area (Å²) in [5.41, 5.74) is 1.28. The van der Waals surface area contributed by atoms with E-state index in [9.17, 15) is 14.1 Å². The average Bonchev–Trinajstić information content (AvgIpc) is 2.74. The first kappa shape index (κ1) is 21.7. The SMILES string of the molecule is O=[S+]c1ccc(C2CC(=O)C(C=NCCN3CCN(CCO)CC3)=C(O)C2)cc1. The van der Waals surface area contributed by atoms with Gasteiger partial charge in [-0.1, -0.05) is 12.1 Å². The molecule has 0 amide bonds. The predicted octanol–water partition coefficient (Wildman–Crippen LogP) is 1.41. The molecule has 7 nitrogen and oxygen atoms in total. The number of hydrogen-bond acceptors (Lipinski definition) is 7. The number of aliphatic hydroxyl groups excluding tert-OH is 2. The van der Waals surface area contributed by atoms with E-state index in [1.54, 1.807) is 12.1 Å². The molecule has 0 aromatic heterocycles. The minimum Gasteiger partial charge on any atom is -0.511 e. The van der Waals surface area contributed by atoms with Crippen LogP contribution >= 0.6 is 0 Å². The summed E-state index contributed by atoms with van der Waals surface area (Å²) in [5.74, 6) is -0.0714. The molecule has 1 aliphatic carbocycles. The average molecular weight is 419 g/mol.